The zero-order valence-corrected chi connectivity index (χ0v) is 9.21. The summed E-state index contributed by atoms with van der Waals surface area (Å²) in [4.78, 5) is 21.4. The van der Waals surface area contributed by atoms with Crippen molar-refractivity contribution >= 4 is 34.3 Å². The van der Waals surface area contributed by atoms with Crippen LogP contribution in [-0.2, 0) is 9.59 Å². The van der Waals surface area contributed by atoms with Gasteiger partial charge >= 0.3 is 0 Å². The molecule has 0 spiro atoms. The Morgan fingerprint density at radius 2 is 2.00 bits per heavy atom. The SMILES string of the molecule is CC(=O)NCCC(=O)NCCSS. The normalized spacial score (nSPS) is 9.38. The molecule has 0 heterocycles. The van der Waals surface area contributed by atoms with Crippen LogP contribution in [0.4, 0.5) is 0 Å². The molecular weight excluding hydrogens is 208 g/mol. The van der Waals surface area contributed by atoms with Crippen LogP contribution in [0.15, 0.2) is 0 Å². The minimum Gasteiger partial charge on any atom is -0.356 e. The van der Waals surface area contributed by atoms with E-state index in [-0.39, 0.29) is 11.8 Å². The second-order valence-electron chi connectivity index (χ2n) is 2.42. The third-order valence-electron chi connectivity index (χ3n) is 1.24. The van der Waals surface area contributed by atoms with Crippen LogP contribution >= 0.6 is 22.5 Å². The van der Waals surface area contributed by atoms with Crippen molar-refractivity contribution in [1.29, 1.82) is 0 Å². The van der Waals surface area contributed by atoms with Crippen LogP contribution in [0.1, 0.15) is 13.3 Å². The number of thiol groups is 1. The Morgan fingerprint density at radius 3 is 2.54 bits per heavy atom. The third-order valence-corrected chi connectivity index (χ3v) is 2.18. The van der Waals surface area contributed by atoms with Crippen LogP contribution < -0.4 is 10.6 Å². The van der Waals surface area contributed by atoms with Gasteiger partial charge < -0.3 is 10.6 Å². The molecule has 2 N–H and O–H groups in total. The van der Waals surface area contributed by atoms with Gasteiger partial charge in [-0.15, -0.1) is 11.7 Å². The maximum Gasteiger partial charge on any atom is 0.221 e. The summed E-state index contributed by atoms with van der Waals surface area (Å²) in [6.07, 6.45) is 0.330. The Labute approximate surface area is 87.0 Å². The molecule has 0 saturated carbocycles. The molecule has 0 saturated heterocycles. The van der Waals surface area contributed by atoms with E-state index in [4.69, 9.17) is 0 Å². The molecule has 4 nitrogen and oxygen atoms in total. The van der Waals surface area contributed by atoms with Crippen molar-refractivity contribution in [2.75, 3.05) is 18.8 Å². The number of rotatable bonds is 6. The molecule has 0 aliphatic carbocycles. The number of amides is 2. The fourth-order valence-corrected chi connectivity index (χ4v) is 1.14. The molecule has 0 rings (SSSR count). The molecule has 6 heteroatoms. The fourth-order valence-electron chi connectivity index (χ4n) is 0.677. The van der Waals surface area contributed by atoms with Crippen LogP contribution in [0.25, 0.3) is 0 Å². The predicted octanol–water partition coefficient (Wildman–Crippen LogP) is 0.207. The average molecular weight is 222 g/mol. The van der Waals surface area contributed by atoms with Crippen LogP contribution in [0.3, 0.4) is 0 Å². The zero-order chi connectivity index (χ0) is 10.1. The van der Waals surface area contributed by atoms with Crippen LogP contribution in [0, 0.1) is 0 Å². The maximum atomic E-state index is 11.0. The minimum absolute atomic E-state index is 0.0452. The summed E-state index contributed by atoms with van der Waals surface area (Å²) in [6, 6.07) is 0. The molecule has 0 aromatic heterocycles. The molecule has 2 amide bonds. The van der Waals surface area contributed by atoms with Gasteiger partial charge in [-0.3, -0.25) is 9.59 Å². The van der Waals surface area contributed by atoms with Gasteiger partial charge in [-0.1, -0.05) is 10.8 Å². The monoisotopic (exact) mass is 222 g/mol. The maximum absolute atomic E-state index is 11.0. The second-order valence-corrected chi connectivity index (χ2v) is 3.86. The largest absolute Gasteiger partial charge is 0.356 e. The van der Waals surface area contributed by atoms with Crippen LogP contribution in [0.2, 0.25) is 0 Å². The van der Waals surface area contributed by atoms with E-state index >= 15 is 0 Å². The summed E-state index contributed by atoms with van der Waals surface area (Å²) in [7, 11) is 1.38. The molecule has 13 heavy (non-hydrogen) atoms. The molecule has 0 unspecified atom stereocenters. The summed E-state index contributed by atoms with van der Waals surface area (Å²) in [5.74, 6) is 0.629. The summed E-state index contributed by atoms with van der Waals surface area (Å²) >= 11 is 3.93. The Bertz CT molecular complexity index is 176. The minimum atomic E-state index is -0.112. The number of carbonyl (C=O) groups excluding carboxylic acids is 2. The first-order valence-electron chi connectivity index (χ1n) is 3.94. The first-order valence-corrected chi connectivity index (χ1v) is 5.98. The molecular formula is C7H14N2O2S2. The summed E-state index contributed by atoms with van der Waals surface area (Å²) in [5, 5.41) is 5.24. The van der Waals surface area contributed by atoms with Crippen molar-refractivity contribution in [3.05, 3.63) is 0 Å². The lowest BCUT2D eigenvalue weighted by molar-refractivity contribution is -0.121. The van der Waals surface area contributed by atoms with E-state index in [9.17, 15) is 9.59 Å². The molecule has 0 atom stereocenters. The molecule has 0 aliphatic heterocycles. The van der Waals surface area contributed by atoms with Crippen molar-refractivity contribution in [1.82, 2.24) is 10.6 Å². The van der Waals surface area contributed by atoms with E-state index in [2.05, 4.69) is 22.3 Å². The van der Waals surface area contributed by atoms with Gasteiger partial charge in [-0.2, -0.15) is 0 Å². The quantitative estimate of drug-likeness (QED) is 0.342. The lowest BCUT2D eigenvalue weighted by Crippen LogP contribution is -2.30. The summed E-state index contributed by atoms with van der Waals surface area (Å²) in [5.41, 5.74) is 0. The van der Waals surface area contributed by atoms with Crippen molar-refractivity contribution in [2.45, 2.75) is 13.3 Å². The average Bonchev–Trinajstić information content (AvgIpc) is 2.04. The van der Waals surface area contributed by atoms with Crippen LogP contribution in [-0.4, -0.2) is 30.7 Å². The molecule has 0 aromatic carbocycles. The smallest absolute Gasteiger partial charge is 0.221 e. The lowest BCUT2D eigenvalue weighted by atomic mass is 10.4. The van der Waals surface area contributed by atoms with E-state index in [1.165, 1.54) is 17.7 Å². The van der Waals surface area contributed by atoms with Gasteiger partial charge in [-0.05, 0) is 0 Å². The van der Waals surface area contributed by atoms with Crippen LogP contribution in [0.5, 0.6) is 0 Å². The van der Waals surface area contributed by atoms with Gasteiger partial charge in [0.05, 0.1) is 0 Å². The van der Waals surface area contributed by atoms with Crippen molar-refractivity contribution in [2.24, 2.45) is 0 Å². The van der Waals surface area contributed by atoms with E-state index in [0.717, 1.165) is 5.75 Å². The second kappa shape index (κ2) is 8.25. The molecule has 0 radical (unpaired) electrons. The molecule has 0 aromatic rings. The Hall–Kier alpha value is -0.360. The topological polar surface area (TPSA) is 58.2 Å². The third kappa shape index (κ3) is 9.55. The van der Waals surface area contributed by atoms with Gasteiger partial charge in [0.1, 0.15) is 0 Å². The Kier molecular flexibility index (Phi) is 8.02. The standard InChI is InChI=1S/C7H14N2O2S2/c1-6(10)8-3-2-7(11)9-4-5-13-12/h12H,2-5H2,1H3,(H,8,10)(H,9,11). The van der Waals surface area contributed by atoms with Gasteiger partial charge in [0.15, 0.2) is 0 Å². The van der Waals surface area contributed by atoms with Gasteiger partial charge in [0, 0.05) is 32.2 Å². The highest BCUT2D eigenvalue weighted by molar-refractivity contribution is 8.68. The highest BCUT2D eigenvalue weighted by atomic mass is 33.1. The van der Waals surface area contributed by atoms with E-state index < -0.39 is 0 Å². The molecule has 76 valence electrons. The lowest BCUT2D eigenvalue weighted by Gasteiger charge is -2.03. The Balaban J connectivity index is 3.25. The number of hydrogen-bond acceptors (Lipinski definition) is 4. The van der Waals surface area contributed by atoms with Crippen molar-refractivity contribution < 1.29 is 9.59 Å². The van der Waals surface area contributed by atoms with E-state index in [1.807, 2.05) is 0 Å². The first-order chi connectivity index (χ1) is 6.16. The number of carbonyl (C=O) groups is 2. The predicted molar refractivity (Wildman–Crippen MR) is 57.8 cm³/mol. The van der Waals surface area contributed by atoms with Gasteiger partial charge in [0.25, 0.3) is 0 Å². The Morgan fingerprint density at radius 1 is 1.31 bits per heavy atom. The van der Waals surface area contributed by atoms with Crippen molar-refractivity contribution in [3.63, 3.8) is 0 Å². The van der Waals surface area contributed by atoms with Crippen molar-refractivity contribution in [3.8, 4) is 0 Å². The first kappa shape index (κ1) is 12.6. The number of nitrogens with one attached hydrogen (secondary N) is 2. The summed E-state index contributed by atoms with van der Waals surface area (Å²) < 4.78 is 0. The molecule has 0 aliphatic rings. The molecule has 0 bridgehead atoms. The van der Waals surface area contributed by atoms with E-state index in [1.54, 1.807) is 0 Å². The molecule has 0 fully saturated rings. The highest BCUT2D eigenvalue weighted by Crippen LogP contribution is 2.01. The fraction of sp³-hybridized carbons (Fsp3) is 0.714. The van der Waals surface area contributed by atoms with Gasteiger partial charge in [0.2, 0.25) is 11.8 Å². The van der Waals surface area contributed by atoms with E-state index in [0.29, 0.717) is 19.5 Å². The zero-order valence-electron chi connectivity index (χ0n) is 7.50. The van der Waals surface area contributed by atoms with Gasteiger partial charge in [-0.25, -0.2) is 0 Å². The highest BCUT2D eigenvalue weighted by Gasteiger charge is 1.99. The number of hydrogen-bond donors (Lipinski definition) is 3. The summed E-state index contributed by atoms with van der Waals surface area (Å²) in [6.45, 7) is 2.44.